The number of aromatic nitrogens is 5. The van der Waals surface area contributed by atoms with Crippen LogP contribution >= 0.6 is 0 Å². The van der Waals surface area contributed by atoms with Crippen LogP contribution in [0.2, 0.25) is 0 Å². The Bertz CT molecular complexity index is 869. The number of hydrogen-bond donors (Lipinski definition) is 0. The largest absolute Gasteiger partial charge is 0.335 e. The Labute approximate surface area is 145 Å². The summed E-state index contributed by atoms with van der Waals surface area (Å²) < 4.78 is 3.58. The van der Waals surface area contributed by atoms with Gasteiger partial charge in [-0.15, -0.1) is 5.10 Å². The van der Waals surface area contributed by atoms with Crippen LogP contribution in [0.5, 0.6) is 0 Å². The minimum atomic E-state index is -0.0734. The van der Waals surface area contributed by atoms with E-state index in [-0.39, 0.29) is 11.9 Å². The Morgan fingerprint density at radius 2 is 2.20 bits per heavy atom. The minimum Gasteiger partial charge on any atom is -0.335 e. The number of carbonyl (C=O) groups is 1. The van der Waals surface area contributed by atoms with Gasteiger partial charge in [0.15, 0.2) is 5.69 Å². The fourth-order valence-corrected chi connectivity index (χ4v) is 3.27. The fraction of sp³-hybridized carbons (Fsp3) is 0.333. The highest BCUT2D eigenvalue weighted by molar-refractivity contribution is 5.92. The molecule has 1 atom stereocenters. The van der Waals surface area contributed by atoms with Crippen LogP contribution in [0.4, 0.5) is 0 Å². The molecule has 0 spiro atoms. The molecule has 4 rings (SSSR count). The lowest BCUT2D eigenvalue weighted by Crippen LogP contribution is -2.41. The molecule has 0 aliphatic carbocycles. The van der Waals surface area contributed by atoms with Crippen LogP contribution in [0, 0.1) is 6.92 Å². The lowest BCUT2D eigenvalue weighted by atomic mass is 10.1. The molecule has 25 heavy (non-hydrogen) atoms. The predicted molar refractivity (Wildman–Crippen MR) is 92.5 cm³/mol. The quantitative estimate of drug-likeness (QED) is 0.736. The number of rotatable bonds is 3. The number of amides is 1. The highest BCUT2D eigenvalue weighted by Gasteiger charge is 2.27. The second-order valence-electron chi connectivity index (χ2n) is 6.42. The molecule has 128 valence electrons. The maximum Gasteiger partial charge on any atom is 0.276 e. The Morgan fingerprint density at radius 1 is 1.28 bits per heavy atom. The van der Waals surface area contributed by atoms with Gasteiger partial charge in [0.05, 0.1) is 17.9 Å². The minimum absolute atomic E-state index is 0.0734. The number of carbonyl (C=O) groups excluding carboxylic acids is 1. The van der Waals surface area contributed by atoms with Gasteiger partial charge in [0.25, 0.3) is 5.91 Å². The van der Waals surface area contributed by atoms with Gasteiger partial charge in [-0.05, 0) is 43.5 Å². The summed E-state index contributed by atoms with van der Waals surface area (Å²) in [5.74, 6) is -0.0734. The molecular formula is C18H20N6O. The summed E-state index contributed by atoms with van der Waals surface area (Å²) in [4.78, 5) is 14.7. The molecule has 1 aromatic carbocycles. The monoisotopic (exact) mass is 336 g/mol. The Morgan fingerprint density at radius 3 is 3.00 bits per heavy atom. The summed E-state index contributed by atoms with van der Waals surface area (Å²) in [6.45, 7) is 3.42. The van der Waals surface area contributed by atoms with Gasteiger partial charge >= 0.3 is 0 Å². The second kappa shape index (κ2) is 6.51. The molecule has 1 unspecified atom stereocenters. The van der Waals surface area contributed by atoms with Gasteiger partial charge in [0.1, 0.15) is 0 Å². The van der Waals surface area contributed by atoms with E-state index in [1.807, 2.05) is 53.0 Å². The Kier molecular flexibility index (Phi) is 4.05. The molecule has 0 N–H and O–H groups in total. The topological polar surface area (TPSA) is 68.8 Å². The van der Waals surface area contributed by atoms with Gasteiger partial charge in [-0.2, -0.15) is 5.10 Å². The first-order valence-corrected chi connectivity index (χ1v) is 8.48. The molecule has 1 fully saturated rings. The molecule has 0 bridgehead atoms. The van der Waals surface area contributed by atoms with Crippen molar-refractivity contribution in [2.24, 2.45) is 0 Å². The molecule has 3 heterocycles. The van der Waals surface area contributed by atoms with Crippen molar-refractivity contribution < 1.29 is 4.79 Å². The van der Waals surface area contributed by atoms with Crippen molar-refractivity contribution in [1.82, 2.24) is 29.7 Å². The van der Waals surface area contributed by atoms with Crippen molar-refractivity contribution in [3.05, 3.63) is 60.2 Å². The third-order valence-corrected chi connectivity index (χ3v) is 4.56. The first kappa shape index (κ1) is 15.6. The highest BCUT2D eigenvalue weighted by Crippen LogP contribution is 2.22. The van der Waals surface area contributed by atoms with E-state index in [1.165, 1.54) is 0 Å². The Hall–Kier alpha value is -2.96. The van der Waals surface area contributed by atoms with Crippen LogP contribution in [-0.4, -0.2) is 48.7 Å². The maximum absolute atomic E-state index is 12.8. The molecule has 3 aromatic rings. The van der Waals surface area contributed by atoms with Crippen LogP contribution in [0.3, 0.4) is 0 Å². The van der Waals surface area contributed by atoms with E-state index in [2.05, 4.69) is 15.4 Å². The van der Waals surface area contributed by atoms with Crippen LogP contribution in [0.15, 0.2) is 48.9 Å². The molecule has 0 saturated carbocycles. The molecule has 1 saturated heterocycles. The van der Waals surface area contributed by atoms with Crippen molar-refractivity contribution in [2.75, 3.05) is 13.1 Å². The normalized spacial score (nSPS) is 17.6. The van der Waals surface area contributed by atoms with E-state index in [1.54, 1.807) is 17.1 Å². The molecule has 7 nitrogen and oxygen atoms in total. The van der Waals surface area contributed by atoms with Crippen molar-refractivity contribution in [1.29, 1.82) is 0 Å². The van der Waals surface area contributed by atoms with Gasteiger partial charge in [0, 0.05) is 25.5 Å². The molecule has 1 aliphatic rings. The van der Waals surface area contributed by atoms with E-state index in [0.29, 0.717) is 12.2 Å². The first-order valence-electron chi connectivity index (χ1n) is 8.48. The van der Waals surface area contributed by atoms with Gasteiger partial charge < -0.3 is 4.90 Å². The van der Waals surface area contributed by atoms with Crippen LogP contribution in [-0.2, 0) is 0 Å². The smallest absolute Gasteiger partial charge is 0.276 e. The lowest BCUT2D eigenvalue weighted by Gasteiger charge is -2.32. The summed E-state index contributed by atoms with van der Waals surface area (Å²) in [6.07, 6.45) is 7.42. The number of benzene rings is 1. The van der Waals surface area contributed by atoms with E-state index in [0.717, 1.165) is 30.6 Å². The SMILES string of the molecule is Cc1cccc(-n2cc(C(=O)N3CCCC(n4cccn4)C3)nn2)c1. The zero-order valence-corrected chi connectivity index (χ0v) is 14.1. The third-order valence-electron chi connectivity index (χ3n) is 4.56. The average Bonchev–Trinajstić information content (AvgIpc) is 3.33. The summed E-state index contributed by atoms with van der Waals surface area (Å²) in [7, 11) is 0. The Balaban J connectivity index is 1.51. The number of nitrogens with zero attached hydrogens (tertiary/aromatic N) is 6. The van der Waals surface area contributed by atoms with E-state index in [4.69, 9.17) is 0 Å². The fourth-order valence-electron chi connectivity index (χ4n) is 3.27. The zero-order valence-electron chi connectivity index (χ0n) is 14.1. The lowest BCUT2D eigenvalue weighted by molar-refractivity contribution is 0.0667. The number of aryl methyl sites for hydroxylation is 1. The van der Waals surface area contributed by atoms with Crippen LogP contribution in [0.25, 0.3) is 5.69 Å². The maximum atomic E-state index is 12.8. The summed E-state index contributed by atoms with van der Waals surface area (Å²) in [5.41, 5.74) is 2.42. The molecular weight excluding hydrogens is 316 g/mol. The van der Waals surface area contributed by atoms with Gasteiger partial charge in [-0.1, -0.05) is 17.3 Å². The summed E-state index contributed by atoms with van der Waals surface area (Å²) in [6, 6.07) is 10.1. The molecule has 7 heteroatoms. The van der Waals surface area contributed by atoms with E-state index >= 15 is 0 Å². The van der Waals surface area contributed by atoms with E-state index in [9.17, 15) is 4.79 Å². The first-order chi connectivity index (χ1) is 12.2. The van der Waals surface area contributed by atoms with Gasteiger partial charge in [-0.25, -0.2) is 4.68 Å². The summed E-state index contributed by atoms with van der Waals surface area (Å²) >= 11 is 0. The highest BCUT2D eigenvalue weighted by atomic mass is 16.2. The average molecular weight is 336 g/mol. The summed E-state index contributed by atoms with van der Waals surface area (Å²) in [5, 5.41) is 12.5. The third kappa shape index (κ3) is 3.17. The van der Waals surface area contributed by atoms with Crippen molar-refractivity contribution in [2.45, 2.75) is 25.8 Å². The van der Waals surface area contributed by atoms with E-state index < -0.39 is 0 Å². The molecule has 0 radical (unpaired) electrons. The zero-order chi connectivity index (χ0) is 17.2. The van der Waals surface area contributed by atoms with Crippen LogP contribution in [0.1, 0.15) is 34.9 Å². The number of likely N-dealkylation sites (tertiary alicyclic amines) is 1. The molecule has 1 amide bonds. The van der Waals surface area contributed by atoms with Crippen molar-refractivity contribution >= 4 is 5.91 Å². The molecule has 1 aliphatic heterocycles. The van der Waals surface area contributed by atoms with Gasteiger partial charge in [-0.3, -0.25) is 9.48 Å². The van der Waals surface area contributed by atoms with Crippen LogP contribution < -0.4 is 0 Å². The number of hydrogen-bond acceptors (Lipinski definition) is 4. The van der Waals surface area contributed by atoms with Crippen molar-refractivity contribution in [3.63, 3.8) is 0 Å². The van der Waals surface area contributed by atoms with Crippen molar-refractivity contribution in [3.8, 4) is 5.69 Å². The molecule has 2 aromatic heterocycles. The predicted octanol–water partition coefficient (Wildman–Crippen LogP) is 2.25. The number of piperidine rings is 1. The second-order valence-corrected chi connectivity index (χ2v) is 6.42. The standard InChI is InChI=1S/C18H20N6O/c1-14-5-2-6-15(11-14)24-13-17(20-21-24)18(25)22-9-3-7-16(12-22)23-10-4-8-19-23/h2,4-6,8,10-11,13,16H,3,7,9,12H2,1H3. The van der Waals surface area contributed by atoms with Gasteiger partial charge in [0.2, 0.25) is 0 Å².